The van der Waals surface area contributed by atoms with Crippen molar-refractivity contribution >= 4 is 40.1 Å². The number of hydrogen-bond acceptors (Lipinski definition) is 2. The van der Waals surface area contributed by atoms with Gasteiger partial charge in [0.2, 0.25) is 0 Å². The molecule has 2 nitrogen and oxygen atoms in total. The van der Waals surface area contributed by atoms with Gasteiger partial charge in [0.15, 0.2) is 6.29 Å². The van der Waals surface area contributed by atoms with Gasteiger partial charge in [0, 0.05) is 10.3 Å². The highest BCUT2D eigenvalue weighted by atomic mass is 35.5. The van der Waals surface area contributed by atoms with Crippen molar-refractivity contribution in [2.75, 3.05) is 0 Å². The second kappa shape index (κ2) is 5.08. The molecule has 20 heavy (non-hydrogen) atoms. The lowest BCUT2D eigenvalue weighted by Crippen LogP contribution is -1.82. The monoisotopic (exact) mass is 303 g/mol. The number of aromatic nitrogens is 1. The largest absolute Gasteiger partial charge is 0.353 e. The van der Waals surface area contributed by atoms with Crippen LogP contribution < -0.4 is 0 Å². The number of aryl methyl sites for hydroxylation is 2. The number of aldehydes is 1. The van der Waals surface area contributed by atoms with E-state index in [0.29, 0.717) is 10.6 Å². The van der Waals surface area contributed by atoms with E-state index in [1.165, 1.54) is 4.88 Å². The summed E-state index contributed by atoms with van der Waals surface area (Å²) in [5.74, 6) is 0. The van der Waals surface area contributed by atoms with Crippen LogP contribution >= 0.6 is 22.9 Å². The molecule has 0 saturated heterocycles. The molecule has 0 aliphatic carbocycles. The average Bonchev–Trinajstić information content (AvgIpc) is 3.06. The van der Waals surface area contributed by atoms with E-state index in [2.05, 4.69) is 24.0 Å². The minimum atomic E-state index is 0.613. The number of rotatable bonds is 3. The Morgan fingerprint density at radius 2 is 2.10 bits per heavy atom. The molecule has 3 rings (SSSR count). The zero-order valence-corrected chi connectivity index (χ0v) is 12.9. The zero-order chi connectivity index (χ0) is 14.3. The van der Waals surface area contributed by atoms with Crippen LogP contribution in [-0.4, -0.2) is 11.3 Å². The quantitative estimate of drug-likeness (QED) is 0.660. The number of H-pyrrole nitrogens is 1. The van der Waals surface area contributed by atoms with Crippen molar-refractivity contribution in [2.45, 2.75) is 20.3 Å². The first-order valence-corrected chi connectivity index (χ1v) is 7.70. The third kappa shape index (κ3) is 1.98. The van der Waals surface area contributed by atoms with E-state index in [1.807, 2.05) is 19.1 Å². The van der Waals surface area contributed by atoms with Crippen molar-refractivity contribution in [2.24, 2.45) is 0 Å². The van der Waals surface area contributed by atoms with E-state index >= 15 is 0 Å². The maximum absolute atomic E-state index is 11.5. The predicted molar refractivity (Wildman–Crippen MR) is 86.1 cm³/mol. The van der Waals surface area contributed by atoms with Gasteiger partial charge in [-0.15, -0.1) is 11.3 Å². The van der Waals surface area contributed by atoms with E-state index in [4.69, 9.17) is 11.6 Å². The van der Waals surface area contributed by atoms with E-state index in [0.717, 1.165) is 39.7 Å². The van der Waals surface area contributed by atoms with Gasteiger partial charge in [-0.25, -0.2) is 0 Å². The van der Waals surface area contributed by atoms with Crippen molar-refractivity contribution in [3.63, 3.8) is 0 Å². The van der Waals surface area contributed by atoms with Gasteiger partial charge in [-0.1, -0.05) is 24.6 Å². The molecule has 1 aromatic carbocycles. The van der Waals surface area contributed by atoms with Gasteiger partial charge in [0.05, 0.1) is 26.7 Å². The fourth-order valence-electron chi connectivity index (χ4n) is 2.44. The van der Waals surface area contributed by atoms with Gasteiger partial charge in [-0.3, -0.25) is 4.79 Å². The molecule has 0 amide bonds. The molecule has 102 valence electrons. The summed E-state index contributed by atoms with van der Waals surface area (Å²) in [6.07, 6.45) is 1.89. The number of fused-ring (bicyclic) bond motifs is 1. The molecule has 1 N–H and O–H groups in total. The highest BCUT2D eigenvalue weighted by Gasteiger charge is 2.17. The van der Waals surface area contributed by atoms with E-state index in [1.54, 1.807) is 11.3 Å². The Bertz CT molecular complexity index is 800. The Morgan fingerprint density at radius 1 is 1.30 bits per heavy atom. The van der Waals surface area contributed by atoms with Gasteiger partial charge in [-0.2, -0.15) is 0 Å². The molecule has 4 heteroatoms. The van der Waals surface area contributed by atoms with Gasteiger partial charge >= 0.3 is 0 Å². The molecule has 0 fully saturated rings. The molecule has 2 heterocycles. The van der Waals surface area contributed by atoms with Crippen LogP contribution in [0.5, 0.6) is 0 Å². The van der Waals surface area contributed by atoms with E-state index < -0.39 is 0 Å². The first-order valence-electron chi connectivity index (χ1n) is 6.50. The second-order valence-corrected chi connectivity index (χ2v) is 6.34. The van der Waals surface area contributed by atoms with Crippen molar-refractivity contribution in [1.82, 2.24) is 4.98 Å². The lowest BCUT2D eigenvalue weighted by molar-refractivity contribution is 0.112. The minimum absolute atomic E-state index is 0.613. The van der Waals surface area contributed by atoms with Crippen molar-refractivity contribution in [3.05, 3.63) is 45.3 Å². The molecule has 0 aliphatic rings. The van der Waals surface area contributed by atoms with Crippen LogP contribution in [-0.2, 0) is 6.42 Å². The van der Waals surface area contributed by atoms with Crippen LogP contribution in [0.3, 0.4) is 0 Å². The molecule has 3 aromatic rings. The molecule has 2 aromatic heterocycles. The van der Waals surface area contributed by atoms with Crippen LogP contribution in [0.2, 0.25) is 5.02 Å². The Balaban J connectivity index is 2.33. The number of benzene rings is 1. The normalized spacial score (nSPS) is 11.2. The molecule has 0 saturated carbocycles. The van der Waals surface area contributed by atoms with E-state index in [9.17, 15) is 4.79 Å². The van der Waals surface area contributed by atoms with Gasteiger partial charge < -0.3 is 4.98 Å². The molecular formula is C16H14ClNOS. The summed E-state index contributed by atoms with van der Waals surface area (Å²) in [6, 6.07) is 7.97. The fraction of sp³-hybridized carbons (Fsp3) is 0.188. The molecule has 0 unspecified atom stereocenters. The van der Waals surface area contributed by atoms with E-state index in [-0.39, 0.29) is 0 Å². The number of halogens is 1. The summed E-state index contributed by atoms with van der Waals surface area (Å²) < 4.78 is 0. The second-order valence-electron chi connectivity index (χ2n) is 4.77. The van der Waals surface area contributed by atoms with Crippen molar-refractivity contribution in [3.8, 4) is 10.6 Å². The number of carbonyl (C=O) groups is 1. The fourth-order valence-corrected chi connectivity index (χ4v) is 3.66. The van der Waals surface area contributed by atoms with Crippen LogP contribution in [0, 0.1) is 6.92 Å². The highest BCUT2D eigenvalue weighted by Crippen LogP contribution is 2.37. The summed E-state index contributed by atoms with van der Waals surface area (Å²) in [6.45, 7) is 4.14. The molecule has 0 radical (unpaired) electrons. The zero-order valence-electron chi connectivity index (χ0n) is 11.3. The molecule has 0 spiro atoms. The van der Waals surface area contributed by atoms with Gasteiger partial charge in [-0.05, 0) is 37.1 Å². The number of hydrogen-bond donors (Lipinski definition) is 1. The first-order chi connectivity index (χ1) is 9.65. The summed E-state index contributed by atoms with van der Waals surface area (Å²) in [4.78, 5) is 17.3. The lowest BCUT2D eigenvalue weighted by Gasteiger charge is -1.98. The SMILES string of the molecule is CCc1ccc(-c2[nH]c3c(C)ccc(Cl)c3c2C=O)s1. The molecular weight excluding hydrogens is 290 g/mol. The summed E-state index contributed by atoms with van der Waals surface area (Å²) in [5.41, 5.74) is 3.56. The summed E-state index contributed by atoms with van der Waals surface area (Å²) >= 11 is 7.98. The smallest absolute Gasteiger partial charge is 0.152 e. The topological polar surface area (TPSA) is 32.9 Å². The maximum Gasteiger partial charge on any atom is 0.152 e. The maximum atomic E-state index is 11.5. The number of nitrogens with one attached hydrogen (secondary N) is 1. The molecule has 0 aliphatic heterocycles. The summed E-state index contributed by atoms with van der Waals surface area (Å²) in [7, 11) is 0. The Kier molecular flexibility index (Phi) is 3.40. The highest BCUT2D eigenvalue weighted by molar-refractivity contribution is 7.15. The Labute approximate surface area is 126 Å². The van der Waals surface area contributed by atoms with Gasteiger partial charge in [0.1, 0.15) is 0 Å². The lowest BCUT2D eigenvalue weighted by atomic mass is 10.1. The van der Waals surface area contributed by atoms with Gasteiger partial charge in [0.25, 0.3) is 0 Å². The predicted octanol–water partition coefficient (Wildman–Crippen LogP) is 5.23. The summed E-state index contributed by atoms with van der Waals surface area (Å²) in [5, 5.41) is 1.44. The minimum Gasteiger partial charge on any atom is -0.353 e. The van der Waals surface area contributed by atoms with Crippen LogP contribution in [0.15, 0.2) is 24.3 Å². The third-order valence-corrected chi connectivity index (χ3v) is 5.09. The standard InChI is InChI=1S/C16H14ClNOS/c1-3-10-5-7-13(20-10)16-11(8-19)14-12(17)6-4-9(2)15(14)18-16/h4-8,18H,3H2,1-2H3. The number of aromatic amines is 1. The number of carbonyl (C=O) groups excluding carboxylic acids is 1. The van der Waals surface area contributed by atoms with Crippen LogP contribution in [0.4, 0.5) is 0 Å². The third-order valence-electron chi connectivity index (χ3n) is 3.53. The Morgan fingerprint density at radius 3 is 2.75 bits per heavy atom. The van der Waals surface area contributed by atoms with Crippen LogP contribution in [0.25, 0.3) is 21.5 Å². The molecule has 0 bridgehead atoms. The average molecular weight is 304 g/mol. The van der Waals surface area contributed by atoms with Crippen molar-refractivity contribution < 1.29 is 4.79 Å². The molecule has 0 atom stereocenters. The Hall–Kier alpha value is -1.58. The van der Waals surface area contributed by atoms with Crippen molar-refractivity contribution in [1.29, 1.82) is 0 Å². The number of thiophene rings is 1. The van der Waals surface area contributed by atoms with Crippen LogP contribution in [0.1, 0.15) is 27.7 Å². The first kappa shape index (κ1) is 13.4.